The van der Waals surface area contributed by atoms with Crippen molar-refractivity contribution < 1.29 is 9.52 Å². The molecule has 0 spiro atoms. The molecule has 6 heteroatoms. The second kappa shape index (κ2) is 6.36. The summed E-state index contributed by atoms with van der Waals surface area (Å²) in [5, 5.41) is 10.3. The summed E-state index contributed by atoms with van der Waals surface area (Å²) >= 11 is 1.78. The van der Waals surface area contributed by atoms with Gasteiger partial charge in [-0.05, 0) is 18.6 Å². The molecule has 3 rings (SSSR count). The maximum atomic E-state index is 12.1. The molecule has 114 valence electrons. The molecule has 1 atom stereocenters. The van der Waals surface area contributed by atoms with Crippen molar-refractivity contribution in [3.8, 4) is 5.75 Å². The van der Waals surface area contributed by atoms with Crippen LogP contribution in [0.2, 0.25) is 0 Å². The van der Waals surface area contributed by atoms with Gasteiger partial charge in [-0.15, -0.1) is 0 Å². The molecule has 0 saturated heterocycles. The molecule has 1 unspecified atom stereocenters. The molecule has 2 aromatic rings. The molecule has 1 aliphatic rings. The molecule has 5 nitrogen and oxygen atoms in total. The highest BCUT2D eigenvalue weighted by molar-refractivity contribution is 7.99. The van der Waals surface area contributed by atoms with E-state index in [2.05, 4.69) is 9.98 Å². The first-order chi connectivity index (χ1) is 10.6. The fraction of sp³-hybridized carbons (Fsp3) is 0.312. The third-order valence-corrected chi connectivity index (χ3v) is 4.75. The van der Waals surface area contributed by atoms with Gasteiger partial charge >= 0.3 is 5.63 Å². The molecular weight excluding hydrogens is 300 g/mol. The summed E-state index contributed by atoms with van der Waals surface area (Å²) in [5.41, 5.74) is 1.35. The van der Waals surface area contributed by atoms with Crippen LogP contribution in [0.15, 0.2) is 44.8 Å². The fourth-order valence-electron chi connectivity index (χ4n) is 2.50. The first-order valence-electron chi connectivity index (χ1n) is 7.04. The third kappa shape index (κ3) is 3.06. The fourth-order valence-corrected chi connectivity index (χ4v) is 3.59. The minimum atomic E-state index is -0.534. The summed E-state index contributed by atoms with van der Waals surface area (Å²) in [6, 6.07) is 5.37. The Morgan fingerprint density at radius 2 is 2.32 bits per heavy atom. The molecule has 3 heterocycles. The Bertz CT molecular complexity index is 756. The van der Waals surface area contributed by atoms with Gasteiger partial charge in [0.1, 0.15) is 17.1 Å². The van der Waals surface area contributed by atoms with Gasteiger partial charge in [0.25, 0.3) is 0 Å². The van der Waals surface area contributed by atoms with Crippen molar-refractivity contribution in [3.05, 3.63) is 57.9 Å². The lowest BCUT2D eigenvalue weighted by Gasteiger charge is -2.15. The maximum absolute atomic E-state index is 12.1. The number of nitrogens with zero attached hydrogens (tertiary/aromatic N) is 2. The minimum Gasteiger partial charge on any atom is -0.507 e. The molecule has 0 saturated carbocycles. The van der Waals surface area contributed by atoms with Crippen LogP contribution in [0, 0.1) is 6.92 Å². The van der Waals surface area contributed by atoms with Gasteiger partial charge in [0.05, 0.1) is 5.71 Å². The Kier molecular flexibility index (Phi) is 4.29. The van der Waals surface area contributed by atoms with Crippen molar-refractivity contribution in [2.24, 2.45) is 4.99 Å². The number of aryl methyl sites for hydroxylation is 1. The van der Waals surface area contributed by atoms with E-state index in [0.29, 0.717) is 24.4 Å². The van der Waals surface area contributed by atoms with Crippen molar-refractivity contribution in [2.75, 3.05) is 12.3 Å². The van der Waals surface area contributed by atoms with Gasteiger partial charge in [0, 0.05) is 42.4 Å². The largest absolute Gasteiger partial charge is 0.507 e. The summed E-state index contributed by atoms with van der Waals surface area (Å²) in [6.45, 7) is 2.25. The topological polar surface area (TPSA) is 75.7 Å². The highest BCUT2D eigenvalue weighted by atomic mass is 32.2. The van der Waals surface area contributed by atoms with E-state index in [-0.39, 0.29) is 16.6 Å². The van der Waals surface area contributed by atoms with E-state index < -0.39 is 5.63 Å². The Labute approximate surface area is 132 Å². The van der Waals surface area contributed by atoms with Crippen molar-refractivity contribution in [1.29, 1.82) is 0 Å². The number of aromatic nitrogens is 1. The number of pyridine rings is 1. The standard InChI is InChI=1S/C16H16N2O3S/c1-10-7-13(19)15(16(20)21-10)12-8-14(22-6-5-18-12)11-3-2-4-17-9-11/h2-4,7,9,14,19H,5-6,8H2,1H3. The van der Waals surface area contributed by atoms with Gasteiger partial charge in [-0.1, -0.05) is 6.07 Å². The van der Waals surface area contributed by atoms with E-state index >= 15 is 0 Å². The first kappa shape index (κ1) is 14.8. The average molecular weight is 316 g/mol. The monoisotopic (exact) mass is 316 g/mol. The highest BCUT2D eigenvalue weighted by Crippen LogP contribution is 2.35. The molecule has 0 aromatic carbocycles. The average Bonchev–Trinajstić information content (AvgIpc) is 2.73. The Morgan fingerprint density at radius 1 is 1.45 bits per heavy atom. The predicted octanol–water partition coefficient (Wildman–Crippen LogP) is 2.72. The van der Waals surface area contributed by atoms with E-state index in [1.54, 1.807) is 24.9 Å². The van der Waals surface area contributed by atoms with Crippen molar-refractivity contribution >= 4 is 17.5 Å². The van der Waals surface area contributed by atoms with Gasteiger partial charge in [-0.3, -0.25) is 9.98 Å². The second-order valence-corrected chi connectivity index (χ2v) is 6.39. The molecule has 0 fully saturated rings. The van der Waals surface area contributed by atoms with Gasteiger partial charge in [0.15, 0.2) is 0 Å². The number of thioether (sulfide) groups is 1. The second-order valence-electron chi connectivity index (χ2n) is 5.08. The molecular formula is C16H16N2O3S. The SMILES string of the molecule is Cc1cc(O)c(C2=NCCSC(c3cccnc3)C2)c(=O)o1. The molecule has 0 amide bonds. The van der Waals surface area contributed by atoms with Crippen LogP contribution < -0.4 is 5.63 Å². The molecule has 2 aromatic heterocycles. The van der Waals surface area contributed by atoms with Crippen molar-refractivity contribution in [3.63, 3.8) is 0 Å². The maximum Gasteiger partial charge on any atom is 0.348 e. The van der Waals surface area contributed by atoms with Gasteiger partial charge in [-0.25, -0.2) is 4.79 Å². The summed E-state index contributed by atoms with van der Waals surface area (Å²) in [4.78, 5) is 20.7. The van der Waals surface area contributed by atoms with Gasteiger partial charge < -0.3 is 9.52 Å². The lowest BCUT2D eigenvalue weighted by Crippen LogP contribution is -2.17. The molecule has 0 radical (unpaired) electrons. The summed E-state index contributed by atoms with van der Waals surface area (Å²) < 4.78 is 5.11. The number of aromatic hydroxyl groups is 1. The summed E-state index contributed by atoms with van der Waals surface area (Å²) in [5.74, 6) is 1.18. The van der Waals surface area contributed by atoms with Crippen LogP contribution in [0.3, 0.4) is 0 Å². The lowest BCUT2D eigenvalue weighted by atomic mass is 10.0. The quantitative estimate of drug-likeness (QED) is 0.922. The number of hydrogen-bond donors (Lipinski definition) is 1. The lowest BCUT2D eigenvalue weighted by molar-refractivity contribution is 0.432. The molecule has 0 aliphatic carbocycles. The summed E-state index contributed by atoms with van der Waals surface area (Å²) in [6.07, 6.45) is 4.14. The van der Waals surface area contributed by atoms with Gasteiger partial charge in [0.2, 0.25) is 0 Å². The Morgan fingerprint density at radius 3 is 3.05 bits per heavy atom. The number of aliphatic imine (C=N–C) groups is 1. The van der Waals surface area contributed by atoms with Crippen LogP contribution in [0.1, 0.15) is 28.6 Å². The normalized spacial score (nSPS) is 18.6. The highest BCUT2D eigenvalue weighted by Gasteiger charge is 2.23. The Balaban J connectivity index is 1.97. The molecule has 0 bridgehead atoms. The third-order valence-electron chi connectivity index (χ3n) is 3.49. The van der Waals surface area contributed by atoms with E-state index in [9.17, 15) is 9.90 Å². The van der Waals surface area contributed by atoms with Crippen LogP contribution in [-0.4, -0.2) is 28.1 Å². The van der Waals surface area contributed by atoms with E-state index in [1.165, 1.54) is 6.07 Å². The smallest absolute Gasteiger partial charge is 0.348 e. The van der Waals surface area contributed by atoms with Crippen molar-refractivity contribution in [2.45, 2.75) is 18.6 Å². The number of hydrogen-bond acceptors (Lipinski definition) is 6. The predicted molar refractivity (Wildman–Crippen MR) is 86.8 cm³/mol. The molecule has 22 heavy (non-hydrogen) atoms. The first-order valence-corrected chi connectivity index (χ1v) is 8.09. The van der Waals surface area contributed by atoms with Crippen LogP contribution in [0.4, 0.5) is 0 Å². The van der Waals surface area contributed by atoms with E-state index in [1.807, 2.05) is 18.3 Å². The molecule has 1 aliphatic heterocycles. The van der Waals surface area contributed by atoms with Gasteiger partial charge in [-0.2, -0.15) is 11.8 Å². The minimum absolute atomic E-state index is 0.0654. The zero-order valence-electron chi connectivity index (χ0n) is 12.2. The molecule has 1 N–H and O–H groups in total. The van der Waals surface area contributed by atoms with Crippen LogP contribution >= 0.6 is 11.8 Å². The van der Waals surface area contributed by atoms with Crippen molar-refractivity contribution in [1.82, 2.24) is 4.98 Å². The van der Waals surface area contributed by atoms with Crippen LogP contribution in [0.25, 0.3) is 0 Å². The Hall–Kier alpha value is -2.08. The van der Waals surface area contributed by atoms with E-state index in [0.717, 1.165) is 11.3 Å². The van der Waals surface area contributed by atoms with Crippen LogP contribution in [-0.2, 0) is 0 Å². The zero-order chi connectivity index (χ0) is 15.5. The summed E-state index contributed by atoms with van der Waals surface area (Å²) in [7, 11) is 0. The van der Waals surface area contributed by atoms with E-state index in [4.69, 9.17) is 4.42 Å². The van der Waals surface area contributed by atoms with Crippen LogP contribution in [0.5, 0.6) is 5.75 Å². The zero-order valence-corrected chi connectivity index (χ0v) is 13.0. The number of rotatable bonds is 2.